The number of ether oxygens (including phenoxy) is 3. The van der Waals surface area contributed by atoms with Gasteiger partial charge < -0.3 is 19.9 Å². The lowest BCUT2D eigenvalue weighted by Gasteiger charge is -2.12. The van der Waals surface area contributed by atoms with Crippen LogP contribution >= 0.6 is 0 Å². The summed E-state index contributed by atoms with van der Waals surface area (Å²) < 4.78 is 15.6. The number of carbonyl (C=O) groups excluding carboxylic acids is 1. The number of carbonyl (C=O) groups is 1. The van der Waals surface area contributed by atoms with Crippen molar-refractivity contribution >= 4 is 23.4 Å². The van der Waals surface area contributed by atoms with Gasteiger partial charge >= 0.3 is 5.91 Å². The van der Waals surface area contributed by atoms with E-state index in [-0.39, 0.29) is 11.5 Å². The van der Waals surface area contributed by atoms with E-state index >= 15 is 0 Å². The van der Waals surface area contributed by atoms with Gasteiger partial charge in [0.1, 0.15) is 11.6 Å². The lowest BCUT2D eigenvalue weighted by molar-refractivity contribution is -0.134. The van der Waals surface area contributed by atoms with Crippen molar-refractivity contribution in [1.82, 2.24) is 5.32 Å². The number of hydrogen-bond acceptors (Lipinski definition) is 5. The first-order chi connectivity index (χ1) is 13.8. The molecule has 29 heavy (non-hydrogen) atoms. The van der Waals surface area contributed by atoms with Crippen LogP contribution in [0.5, 0.6) is 17.2 Å². The minimum atomic E-state index is -0.666. The number of guanidine groups is 1. The van der Waals surface area contributed by atoms with Crippen LogP contribution in [0, 0.1) is 12.3 Å². The van der Waals surface area contributed by atoms with E-state index in [2.05, 4.69) is 10.3 Å². The first-order valence-corrected chi connectivity index (χ1v) is 8.54. The summed E-state index contributed by atoms with van der Waals surface area (Å²) in [6.45, 7) is 1.83. The van der Waals surface area contributed by atoms with Gasteiger partial charge in [-0.2, -0.15) is 4.99 Å². The van der Waals surface area contributed by atoms with Crippen molar-refractivity contribution in [2.75, 3.05) is 21.3 Å². The van der Waals surface area contributed by atoms with Crippen molar-refractivity contribution < 1.29 is 24.4 Å². The Hall–Kier alpha value is -3.88. The summed E-state index contributed by atoms with van der Waals surface area (Å²) in [5, 5.41) is 16.1. The second-order valence-corrected chi connectivity index (χ2v) is 5.97. The van der Waals surface area contributed by atoms with Gasteiger partial charge in [0.25, 0.3) is 5.71 Å². The van der Waals surface area contributed by atoms with Gasteiger partial charge in [0, 0.05) is 5.56 Å². The molecule has 0 atom stereocenters. The molecule has 0 saturated carbocycles. The van der Waals surface area contributed by atoms with Gasteiger partial charge in [-0.05, 0) is 48.9 Å². The molecule has 0 fully saturated rings. The molecule has 0 aliphatic heterocycles. The molecule has 152 valence electrons. The van der Waals surface area contributed by atoms with Gasteiger partial charge in [-0.1, -0.05) is 0 Å². The Morgan fingerprint density at radius 1 is 1.07 bits per heavy atom. The second kappa shape index (κ2) is 9.36. The quantitative estimate of drug-likeness (QED) is 0.401. The summed E-state index contributed by atoms with van der Waals surface area (Å²) in [5.74, 6) is 0.610. The second-order valence-electron chi connectivity index (χ2n) is 5.97. The van der Waals surface area contributed by atoms with Crippen molar-refractivity contribution in [3.63, 3.8) is 0 Å². The van der Waals surface area contributed by atoms with Gasteiger partial charge in [0.2, 0.25) is 5.96 Å². The van der Waals surface area contributed by atoms with Crippen molar-refractivity contribution in [3.8, 4) is 17.2 Å². The zero-order chi connectivity index (χ0) is 21.6. The van der Waals surface area contributed by atoms with Crippen molar-refractivity contribution in [1.29, 1.82) is 5.41 Å². The molecular weight excluding hydrogens is 374 g/mol. The molecule has 0 aromatic heterocycles. The minimum absolute atomic E-state index is 0.0300. The molecule has 2 rings (SSSR count). The summed E-state index contributed by atoms with van der Waals surface area (Å²) in [6, 6.07) is 10.0. The molecule has 0 aliphatic carbocycles. The van der Waals surface area contributed by atoms with Crippen LogP contribution in [0.3, 0.4) is 0 Å². The fraction of sp³-hybridized carbons (Fsp3) is 0.200. The maximum absolute atomic E-state index is 12.3. The highest BCUT2D eigenvalue weighted by Crippen LogP contribution is 2.31. The maximum atomic E-state index is 12.3. The number of nitrogens with one attached hydrogen (secondary N) is 2. The third-order valence-electron chi connectivity index (χ3n) is 4.07. The number of aryl methyl sites for hydroxylation is 1. The fourth-order valence-electron chi connectivity index (χ4n) is 2.59. The zero-order valence-corrected chi connectivity index (χ0v) is 16.7. The number of aliphatic imine (C=N–C) groups is 1. The Balaban J connectivity index is 2.13. The summed E-state index contributed by atoms with van der Waals surface area (Å²) in [7, 11) is 4.59. The Kier molecular flexibility index (Phi) is 6.91. The molecular formula is C20H24N5O4+. The highest BCUT2D eigenvalue weighted by molar-refractivity contribution is 6.44. The van der Waals surface area contributed by atoms with Crippen LogP contribution in [0.2, 0.25) is 0 Å². The molecule has 0 spiro atoms. The van der Waals surface area contributed by atoms with Gasteiger partial charge in [-0.3, -0.25) is 15.5 Å². The standard InChI is InChI=1S/C20H23N5O4/c1-11-9-13(10-15(28-3)17(11)29-4)18(22)24-20(23)25-19(26)16(21)12-5-7-14(27-2)8-6-12/h5-10,21H,1-4H3,(H4,22,23,24,25,26)/p+1. The Labute approximate surface area is 168 Å². The molecule has 9 nitrogen and oxygen atoms in total. The van der Waals surface area contributed by atoms with E-state index in [4.69, 9.17) is 30.8 Å². The van der Waals surface area contributed by atoms with E-state index in [0.29, 0.717) is 28.4 Å². The van der Waals surface area contributed by atoms with Gasteiger partial charge in [-0.15, -0.1) is 0 Å². The first kappa shape index (κ1) is 21.4. The molecule has 0 bridgehead atoms. The SMILES string of the molecule is COc1ccc(C(=[NH2+])C(=O)NC(=N)/N=C(\N)c2cc(C)c(OC)c(OC)c2)cc1. The van der Waals surface area contributed by atoms with E-state index < -0.39 is 11.9 Å². The Bertz CT molecular complexity index is 968. The van der Waals surface area contributed by atoms with Crippen LogP contribution in [0.4, 0.5) is 0 Å². The van der Waals surface area contributed by atoms with Crippen molar-refractivity contribution in [2.24, 2.45) is 10.7 Å². The number of amides is 1. The third kappa shape index (κ3) is 5.10. The lowest BCUT2D eigenvalue weighted by atomic mass is 10.1. The molecule has 2 aromatic carbocycles. The maximum Gasteiger partial charge on any atom is 0.322 e. The van der Waals surface area contributed by atoms with Crippen LogP contribution in [0.1, 0.15) is 16.7 Å². The number of nitrogens with two attached hydrogens (primary N) is 2. The number of rotatable bonds is 6. The van der Waals surface area contributed by atoms with E-state index in [1.54, 1.807) is 43.5 Å². The van der Waals surface area contributed by atoms with Crippen LogP contribution in [-0.4, -0.2) is 44.7 Å². The third-order valence-corrected chi connectivity index (χ3v) is 4.07. The molecule has 9 heteroatoms. The molecule has 0 saturated heterocycles. The predicted molar refractivity (Wildman–Crippen MR) is 110 cm³/mol. The van der Waals surface area contributed by atoms with Crippen LogP contribution < -0.4 is 30.7 Å². The normalized spacial score (nSPS) is 10.8. The van der Waals surface area contributed by atoms with Gasteiger partial charge in [0.05, 0.1) is 26.9 Å². The molecule has 0 aliphatic rings. The van der Waals surface area contributed by atoms with E-state index in [9.17, 15) is 4.79 Å². The monoisotopic (exact) mass is 398 g/mol. The number of benzene rings is 2. The molecule has 1 amide bonds. The summed E-state index contributed by atoms with van der Waals surface area (Å²) in [4.78, 5) is 16.2. The number of amidine groups is 1. The van der Waals surface area contributed by atoms with Gasteiger partial charge in [-0.25, -0.2) is 5.41 Å². The van der Waals surface area contributed by atoms with Crippen LogP contribution in [-0.2, 0) is 4.79 Å². The average Bonchev–Trinajstić information content (AvgIpc) is 2.72. The lowest BCUT2D eigenvalue weighted by Crippen LogP contribution is -2.51. The average molecular weight is 398 g/mol. The van der Waals surface area contributed by atoms with Gasteiger partial charge in [0.15, 0.2) is 11.5 Å². The molecule has 6 N–H and O–H groups in total. The summed E-state index contributed by atoms with van der Waals surface area (Å²) in [5.41, 5.74) is 7.72. The Morgan fingerprint density at radius 3 is 2.28 bits per heavy atom. The number of nitrogens with zero attached hydrogens (tertiary/aromatic N) is 1. The smallest absolute Gasteiger partial charge is 0.322 e. The predicted octanol–water partition coefficient (Wildman–Crippen LogP) is 0.0255. The fourth-order valence-corrected chi connectivity index (χ4v) is 2.59. The van der Waals surface area contributed by atoms with Crippen molar-refractivity contribution in [2.45, 2.75) is 6.92 Å². The topological polar surface area (TPSA) is 145 Å². The highest BCUT2D eigenvalue weighted by Gasteiger charge is 2.19. The summed E-state index contributed by atoms with van der Waals surface area (Å²) >= 11 is 0. The zero-order valence-electron chi connectivity index (χ0n) is 16.7. The van der Waals surface area contributed by atoms with E-state index in [1.165, 1.54) is 14.2 Å². The molecule has 2 aromatic rings. The molecule has 0 unspecified atom stereocenters. The number of hydrogen-bond donors (Lipinski definition) is 4. The van der Waals surface area contributed by atoms with Crippen LogP contribution in [0.15, 0.2) is 41.4 Å². The molecule has 0 radical (unpaired) electrons. The minimum Gasteiger partial charge on any atom is -0.497 e. The van der Waals surface area contributed by atoms with E-state index in [0.717, 1.165) is 5.56 Å². The molecule has 0 heterocycles. The van der Waals surface area contributed by atoms with Crippen LogP contribution in [0.25, 0.3) is 0 Å². The largest absolute Gasteiger partial charge is 0.497 e. The Morgan fingerprint density at radius 2 is 1.72 bits per heavy atom. The first-order valence-electron chi connectivity index (χ1n) is 8.54. The van der Waals surface area contributed by atoms with Crippen molar-refractivity contribution in [3.05, 3.63) is 53.1 Å². The summed E-state index contributed by atoms with van der Waals surface area (Å²) in [6.07, 6.45) is 0. The highest BCUT2D eigenvalue weighted by atomic mass is 16.5. The number of methoxy groups -OCH3 is 3. The van der Waals surface area contributed by atoms with E-state index in [1.807, 2.05) is 6.92 Å².